The first-order valence-electron chi connectivity index (χ1n) is 5.42. The molecule has 0 bridgehead atoms. The molecule has 0 aliphatic rings. The van der Waals surface area contributed by atoms with Crippen molar-refractivity contribution in [2.24, 2.45) is 0 Å². The average Bonchev–Trinajstić information content (AvgIpc) is 2.75. The summed E-state index contributed by atoms with van der Waals surface area (Å²) in [6.45, 7) is 2.07. The van der Waals surface area contributed by atoms with Gasteiger partial charge >= 0.3 is 0 Å². The van der Waals surface area contributed by atoms with E-state index >= 15 is 0 Å². The summed E-state index contributed by atoms with van der Waals surface area (Å²) in [5.74, 6) is 0.842. The molecule has 5 heteroatoms. The second-order valence-electron chi connectivity index (χ2n) is 4.02. The van der Waals surface area contributed by atoms with Crippen molar-refractivity contribution < 1.29 is 0 Å². The third-order valence-electron chi connectivity index (χ3n) is 2.83. The van der Waals surface area contributed by atoms with Gasteiger partial charge in [0.25, 0.3) is 0 Å². The van der Waals surface area contributed by atoms with Crippen LogP contribution in [-0.2, 0) is 0 Å². The minimum absolute atomic E-state index is 0.729. The molecular formula is C13H9Br2N3. The first-order valence-corrected chi connectivity index (χ1v) is 7.00. The molecule has 0 saturated heterocycles. The van der Waals surface area contributed by atoms with Crippen molar-refractivity contribution in [3.05, 3.63) is 45.0 Å². The number of pyridine rings is 1. The number of imidazole rings is 1. The molecule has 0 unspecified atom stereocenters. The van der Waals surface area contributed by atoms with Gasteiger partial charge in [-0.05, 0) is 40.5 Å². The molecule has 1 aromatic carbocycles. The van der Waals surface area contributed by atoms with Crippen molar-refractivity contribution in [3.8, 4) is 11.4 Å². The predicted molar refractivity (Wildman–Crippen MR) is 79.5 cm³/mol. The third kappa shape index (κ3) is 1.97. The predicted octanol–water partition coefficient (Wildman–Crippen LogP) is 4.46. The maximum atomic E-state index is 4.52. The maximum absolute atomic E-state index is 4.52. The summed E-state index contributed by atoms with van der Waals surface area (Å²) in [5, 5.41) is 0. The molecule has 0 aliphatic carbocycles. The highest BCUT2D eigenvalue weighted by atomic mass is 79.9. The standard InChI is InChI=1S/C13H9Br2N3/c1-7-9(3-2-4-10(7)15)12-17-11-5-8(14)6-16-13(11)18-12/h2-6H,1H3,(H,16,17,18). The van der Waals surface area contributed by atoms with E-state index in [1.807, 2.05) is 24.3 Å². The number of aromatic amines is 1. The Morgan fingerprint density at radius 2 is 2.06 bits per heavy atom. The van der Waals surface area contributed by atoms with Crippen LogP contribution < -0.4 is 0 Å². The fraction of sp³-hybridized carbons (Fsp3) is 0.0769. The highest BCUT2D eigenvalue weighted by molar-refractivity contribution is 9.10. The summed E-state index contributed by atoms with van der Waals surface area (Å²) in [7, 11) is 0. The molecule has 3 nitrogen and oxygen atoms in total. The SMILES string of the molecule is Cc1c(Br)cccc1-c1nc2ncc(Br)cc2[nH]1. The number of nitrogens with zero attached hydrogens (tertiary/aromatic N) is 2. The molecule has 3 aromatic rings. The third-order valence-corrected chi connectivity index (χ3v) is 4.12. The summed E-state index contributed by atoms with van der Waals surface area (Å²) in [5.41, 5.74) is 3.90. The summed E-state index contributed by atoms with van der Waals surface area (Å²) >= 11 is 6.94. The van der Waals surface area contributed by atoms with Crippen LogP contribution in [0.15, 0.2) is 39.4 Å². The summed E-state index contributed by atoms with van der Waals surface area (Å²) in [6, 6.07) is 8.05. The lowest BCUT2D eigenvalue weighted by atomic mass is 10.1. The van der Waals surface area contributed by atoms with E-state index in [1.54, 1.807) is 6.20 Å². The number of hydrogen-bond acceptors (Lipinski definition) is 2. The van der Waals surface area contributed by atoms with Crippen molar-refractivity contribution in [3.63, 3.8) is 0 Å². The fourth-order valence-electron chi connectivity index (χ4n) is 1.87. The van der Waals surface area contributed by atoms with Crippen LogP contribution in [0.3, 0.4) is 0 Å². The van der Waals surface area contributed by atoms with E-state index in [4.69, 9.17) is 0 Å². The van der Waals surface area contributed by atoms with Crippen molar-refractivity contribution in [1.82, 2.24) is 15.0 Å². The second kappa shape index (κ2) is 4.48. The van der Waals surface area contributed by atoms with Crippen LogP contribution in [0, 0.1) is 6.92 Å². The molecule has 3 rings (SSSR count). The van der Waals surface area contributed by atoms with Gasteiger partial charge in [-0.2, -0.15) is 0 Å². The van der Waals surface area contributed by atoms with Crippen LogP contribution >= 0.6 is 31.9 Å². The smallest absolute Gasteiger partial charge is 0.178 e. The van der Waals surface area contributed by atoms with E-state index < -0.39 is 0 Å². The van der Waals surface area contributed by atoms with Crippen molar-refractivity contribution in [2.75, 3.05) is 0 Å². The summed E-state index contributed by atoms with van der Waals surface area (Å²) < 4.78 is 2.02. The van der Waals surface area contributed by atoms with E-state index in [9.17, 15) is 0 Å². The van der Waals surface area contributed by atoms with Crippen molar-refractivity contribution >= 4 is 43.0 Å². The molecule has 18 heavy (non-hydrogen) atoms. The summed E-state index contributed by atoms with van der Waals surface area (Å²) in [4.78, 5) is 12.1. The highest BCUT2D eigenvalue weighted by Gasteiger charge is 2.10. The second-order valence-corrected chi connectivity index (χ2v) is 5.79. The average molecular weight is 367 g/mol. The lowest BCUT2D eigenvalue weighted by Crippen LogP contribution is -1.86. The van der Waals surface area contributed by atoms with Crippen LogP contribution in [0.2, 0.25) is 0 Å². The topological polar surface area (TPSA) is 41.6 Å². The van der Waals surface area contributed by atoms with Gasteiger partial charge < -0.3 is 4.98 Å². The van der Waals surface area contributed by atoms with Gasteiger partial charge in [0.2, 0.25) is 0 Å². The molecule has 1 N–H and O–H groups in total. The number of halogens is 2. The fourth-order valence-corrected chi connectivity index (χ4v) is 2.56. The molecule has 2 aromatic heterocycles. The molecule has 0 saturated carbocycles. The van der Waals surface area contributed by atoms with E-state index in [2.05, 4.69) is 53.7 Å². The summed E-state index contributed by atoms with van der Waals surface area (Å²) in [6.07, 6.45) is 1.75. The molecule has 0 radical (unpaired) electrons. The minimum atomic E-state index is 0.729. The molecule has 90 valence electrons. The Morgan fingerprint density at radius 1 is 1.22 bits per heavy atom. The molecular weight excluding hydrogens is 358 g/mol. The van der Waals surface area contributed by atoms with E-state index in [0.29, 0.717) is 0 Å². The van der Waals surface area contributed by atoms with Crippen molar-refractivity contribution in [2.45, 2.75) is 6.92 Å². The van der Waals surface area contributed by atoms with Gasteiger partial charge in [0.05, 0.1) is 5.52 Å². The Hall–Kier alpha value is -1.20. The number of nitrogens with one attached hydrogen (secondary N) is 1. The van der Waals surface area contributed by atoms with Crippen molar-refractivity contribution in [1.29, 1.82) is 0 Å². The maximum Gasteiger partial charge on any atom is 0.178 e. The van der Waals surface area contributed by atoms with Gasteiger partial charge in [0.1, 0.15) is 5.82 Å². The number of hydrogen-bond donors (Lipinski definition) is 1. The lowest BCUT2D eigenvalue weighted by Gasteiger charge is -2.03. The van der Waals surface area contributed by atoms with Crippen LogP contribution in [0.25, 0.3) is 22.6 Å². The van der Waals surface area contributed by atoms with Crippen LogP contribution in [0.1, 0.15) is 5.56 Å². The van der Waals surface area contributed by atoms with E-state index in [0.717, 1.165) is 37.1 Å². The molecule has 0 spiro atoms. The van der Waals surface area contributed by atoms with E-state index in [-0.39, 0.29) is 0 Å². The quantitative estimate of drug-likeness (QED) is 0.690. The van der Waals surface area contributed by atoms with Gasteiger partial charge in [-0.15, -0.1) is 0 Å². The Labute approximate surface area is 121 Å². The van der Waals surface area contributed by atoms with Gasteiger partial charge in [-0.3, -0.25) is 0 Å². The Bertz CT molecular complexity index is 734. The molecule has 0 fully saturated rings. The lowest BCUT2D eigenvalue weighted by molar-refractivity contribution is 1.28. The Morgan fingerprint density at radius 3 is 2.89 bits per heavy atom. The molecule has 2 heterocycles. The number of fused-ring (bicyclic) bond motifs is 1. The highest BCUT2D eigenvalue weighted by Crippen LogP contribution is 2.28. The molecule has 0 aliphatic heterocycles. The number of H-pyrrole nitrogens is 1. The first-order chi connectivity index (χ1) is 8.65. The van der Waals surface area contributed by atoms with Gasteiger partial charge in [0, 0.05) is 20.7 Å². The minimum Gasteiger partial charge on any atom is -0.337 e. The van der Waals surface area contributed by atoms with Gasteiger partial charge in [-0.25, -0.2) is 9.97 Å². The van der Waals surface area contributed by atoms with Crippen LogP contribution in [0.4, 0.5) is 0 Å². The normalized spacial score (nSPS) is 11.1. The first kappa shape index (κ1) is 11.9. The van der Waals surface area contributed by atoms with E-state index in [1.165, 1.54) is 0 Å². The van der Waals surface area contributed by atoms with Gasteiger partial charge in [0.15, 0.2) is 5.65 Å². The number of benzene rings is 1. The molecule has 0 amide bonds. The zero-order chi connectivity index (χ0) is 12.7. The van der Waals surface area contributed by atoms with Crippen LogP contribution in [0.5, 0.6) is 0 Å². The largest absolute Gasteiger partial charge is 0.337 e. The number of aromatic nitrogens is 3. The van der Waals surface area contributed by atoms with Gasteiger partial charge in [-0.1, -0.05) is 28.1 Å². The monoisotopic (exact) mass is 365 g/mol. The Kier molecular flexibility index (Phi) is 2.95. The zero-order valence-electron chi connectivity index (χ0n) is 9.54. The Balaban J connectivity index is 2.22. The number of rotatable bonds is 1. The zero-order valence-corrected chi connectivity index (χ0v) is 12.7. The van der Waals surface area contributed by atoms with Crippen LogP contribution in [-0.4, -0.2) is 15.0 Å². The molecule has 0 atom stereocenters.